The molecule has 0 radical (unpaired) electrons. The maximum absolute atomic E-state index is 14.2. The topological polar surface area (TPSA) is 60.7 Å². The average Bonchev–Trinajstić information content (AvgIpc) is 3.13. The van der Waals surface area contributed by atoms with Gasteiger partial charge in [0.15, 0.2) is 11.5 Å². The van der Waals surface area contributed by atoms with E-state index in [0.717, 1.165) is 10.9 Å². The summed E-state index contributed by atoms with van der Waals surface area (Å²) in [7, 11) is 0. The number of hydrogen-bond donors (Lipinski definition) is 0. The normalized spacial score (nSPS) is 11.3. The fraction of sp³-hybridized carbons (Fsp3) is 0.182. The van der Waals surface area contributed by atoms with Crippen molar-refractivity contribution in [3.63, 3.8) is 0 Å². The van der Waals surface area contributed by atoms with Crippen molar-refractivity contribution in [2.24, 2.45) is 0 Å². The number of pyridine rings is 1. The largest absolute Gasteiger partial charge is 0.292 e. The molecule has 2 aromatic carbocycles. The second-order valence-corrected chi connectivity index (χ2v) is 6.94. The average molecular weight is 374 g/mol. The second-order valence-electron chi connectivity index (χ2n) is 6.94. The quantitative estimate of drug-likeness (QED) is 0.483. The highest BCUT2D eigenvalue weighted by molar-refractivity contribution is 5.97. The summed E-state index contributed by atoms with van der Waals surface area (Å²) in [4.78, 5) is 17.5. The number of aromatic nitrogens is 4. The lowest BCUT2D eigenvalue weighted by Crippen LogP contribution is -2.12. The van der Waals surface area contributed by atoms with Gasteiger partial charge in [0.05, 0.1) is 17.6 Å². The number of carbonyl (C=O) groups excluding carboxylic acids is 1. The van der Waals surface area contributed by atoms with Crippen LogP contribution in [0.3, 0.4) is 0 Å². The Morgan fingerprint density at radius 1 is 1.04 bits per heavy atom. The third kappa shape index (κ3) is 3.29. The van der Waals surface area contributed by atoms with Gasteiger partial charge in [0.2, 0.25) is 0 Å². The molecule has 0 spiro atoms. The summed E-state index contributed by atoms with van der Waals surface area (Å²) in [6.45, 7) is 3.86. The summed E-state index contributed by atoms with van der Waals surface area (Å²) in [6.07, 6.45) is 0.112. The molecule has 140 valence electrons. The first-order chi connectivity index (χ1) is 13.5. The van der Waals surface area contributed by atoms with Gasteiger partial charge >= 0.3 is 0 Å². The van der Waals surface area contributed by atoms with E-state index in [4.69, 9.17) is 0 Å². The number of fused-ring (bicyclic) bond motifs is 1. The van der Waals surface area contributed by atoms with Crippen molar-refractivity contribution >= 4 is 16.7 Å². The second kappa shape index (κ2) is 7.31. The van der Waals surface area contributed by atoms with Crippen LogP contribution >= 0.6 is 0 Å². The lowest BCUT2D eigenvalue weighted by molar-refractivity contribution is 0.0986. The predicted molar refractivity (Wildman–Crippen MR) is 105 cm³/mol. The molecule has 0 fully saturated rings. The van der Waals surface area contributed by atoms with E-state index in [-0.39, 0.29) is 29.5 Å². The van der Waals surface area contributed by atoms with E-state index < -0.39 is 5.82 Å². The molecule has 2 heterocycles. The first kappa shape index (κ1) is 18.0. The predicted octanol–water partition coefficient (Wildman–Crippen LogP) is 4.50. The van der Waals surface area contributed by atoms with Crippen LogP contribution in [0, 0.1) is 5.82 Å². The SMILES string of the molecule is CC(C)c1c(C(=O)Cc2ccc3ccccc3n2)nnn1-c1ccccc1F. The molecule has 0 aliphatic heterocycles. The van der Waals surface area contributed by atoms with E-state index in [1.165, 1.54) is 10.7 Å². The van der Waals surface area contributed by atoms with E-state index >= 15 is 0 Å². The maximum Gasteiger partial charge on any atom is 0.190 e. The standard InChI is InChI=1S/C22H19FN4O/c1-14(2)22-21(25-26-27(22)19-10-6-4-8-17(19)23)20(28)13-16-12-11-15-7-3-5-9-18(15)24-16/h3-12,14H,13H2,1-2H3. The molecule has 0 N–H and O–H groups in total. The summed E-state index contributed by atoms with van der Waals surface area (Å²) >= 11 is 0. The minimum absolute atomic E-state index is 0.0573. The maximum atomic E-state index is 14.2. The van der Waals surface area contributed by atoms with Gasteiger partial charge in [-0.25, -0.2) is 9.07 Å². The number of nitrogens with zero attached hydrogens (tertiary/aromatic N) is 4. The van der Waals surface area contributed by atoms with Gasteiger partial charge < -0.3 is 0 Å². The van der Waals surface area contributed by atoms with Crippen LogP contribution in [0.25, 0.3) is 16.6 Å². The molecule has 0 bridgehead atoms. The van der Waals surface area contributed by atoms with Gasteiger partial charge in [0.25, 0.3) is 0 Å². The Morgan fingerprint density at radius 3 is 2.57 bits per heavy atom. The smallest absolute Gasteiger partial charge is 0.190 e. The molecule has 0 amide bonds. The van der Waals surface area contributed by atoms with Crippen LogP contribution in [0.15, 0.2) is 60.7 Å². The van der Waals surface area contributed by atoms with Crippen LogP contribution in [0.4, 0.5) is 4.39 Å². The number of rotatable bonds is 5. The van der Waals surface area contributed by atoms with E-state index in [1.54, 1.807) is 18.2 Å². The van der Waals surface area contributed by atoms with Crippen molar-refractivity contribution in [3.05, 3.63) is 83.6 Å². The van der Waals surface area contributed by atoms with E-state index in [9.17, 15) is 9.18 Å². The van der Waals surface area contributed by atoms with Gasteiger partial charge in [-0.05, 0) is 30.2 Å². The van der Waals surface area contributed by atoms with Gasteiger partial charge in [-0.1, -0.05) is 55.5 Å². The van der Waals surface area contributed by atoms with Gasteiger partial charge in [-0.15, -0.1) is 5.10 Å². The fourth-order valence-corrected chi connectivity index (χ4v) is 3.26. The molecule has 28 heavy (non-hydrogen) atoms. The fourth-order valence-electron chi connectivity index (χ4n) is 3.26. The van der Waals surface area contributed by atoms with Crippen LogP contribution in [-0.4, -0.2) is 25.8 Å². The van der Waals surface area contributed by atoms with Crippen LogP contribution < -0.4 is 0 Å². The molecular formula is C22H19FN4O. The zero-order chi connectivity index (χ0) is 19.7. The Labute approximate surface area is 161 Å². The molecule has 4 aromatic rings. The third-order valence-electron chi connectivity index (χ3n) is 4.59. The molecule has 6 heteroatoms. The van der Waals surface area contributed by atoms with E-state index in [2.05, 4.69) is 15.3 Å². The molecule has 0 unspecified atom stereocenters. The lowest BCUT2D eigenvalue weighted by atomic mass is 10.0. The van der Waals surface area contributed by atoms with Crippen molar-refractivity contribution in [3.8, 4) is 5.69 Å². The number of hydrogen-bond acceptors (Lipinski definition) is 4. The Balaban J connectivity index is 1.70. The van der Waals surface area contributed by atoms with Crippen LogP contribution in [0.2, 0.25) is 0 Å². The highest BCUT2D eigenvalue weighted by Crippen LogP contribution is 2.24. The Morgan fingerprint density at radius 2 is 1.79 bits per heavy atom. The zero-order valence-corrected chi connectivity index (χ0v) is 15.6. The van der Waals surface area contributed by atoms with E-state index in [1.807, 2.05) is 50.2 Å². The summed E-state index contributed by atoms with van der Waals surface area (Å²) in [5.74, 6) is -0.656. The lowest BCUT2D eigenvalue weighted by Gasteiger charge is -2.11. The van der Waals surface area contributed by atoms with Gasteiger partial charge in [-0.3, -0.25) is 9.78 Å². The summed E-state index contributed by atoms with van der Waals surface area (Å²) in [6, 6.07) is 17.9. The summed E-state index contributed by atoms with van der Waals surface area (Å²) < 4.78 is 15.7. The molecule has 2 aromatic heterocycles. The Hall–Kier alpha value is -3.41. The number of benzene rings is 2. The highest BCUT2D eigenvalue weighted by atomic mass is 19.1. The van der Waals surface area contributed by atoms with Gasteiger partial charge in [0.1, 0.15) is 11.5 Å². The Kier molecular flexibility index (Phi) is 4.69. The monoisotopic (exact) mass is 374 g/mol. The van der Waals surface area contributed by atoms with Crippen molar-refractivity contribution < 1.29 is 9.18 Å². The van der Waals surface area contributed by atoms with Crippen molar-refractivity contribution in [1.82, 2.24) is 20.0 Å². The summed E-state index contributed by atoms with van der Waals surface area (Å²) in [5, 5.41) is 9.17. The minimum Gasteiger partial charge on any atom is -0.292 e. The molecule has 0 aliphatic rings. The molecule has 0 saturated carbocycles. The zero-order valence-electron chi connectivity index (χ0n) is 15.6. The number of carbonyl (C=O) groups is 1. The van der Waals surface area contributed by atoms with Gasteiger partial charge in [-0.2, -0.15) is 0 Å². The molecule has 0 aliphatic carbocycles. The molecule has 0 atom stereocenters. The van der Waals surface area contributed by atoms with Crippen molar-refractivity contribution in [2.45, 2.75) is 26.2 Å². The van der Waals surface area contributed by atoms with Crippen LogP contribution in [-0.2, 0) is 6.42 Å². The van der Waals surface area contributed by atoms with Crippen LogP contribution in [0.5, 0.6) is 0 Å². The number of halogens is 1. The molecule has 4 rings (SSSR count). The molecule has 0 saturated heterocycles. The van der Waals surface area contributed by atoms with Crippen molar-refractivity contribution in [2.75, 3.05) is 0 Å². The van der Waals surface area contributed by atoms with Gasteiger partial charge in [0, 0.05) is 11.1 Å². The highest BCUT2D eigenvalue weighted by Gasteiger charge is 2.24. The van der Waals surface area contributed by atoms with E-state index in [0.29, 0.717) is 11.4 Å². The number of Topliss-reactive ketones (excluding diaryl/α,β-unsaturated/α-hetero) is 1. The van der Waals surface area contributed by atoms with Crippen molar-refractivity contribution in [1.29, 1.82) is 0 Å². The first-order valence-corrected chi connectivity index (χ1v) is 9.13. The third-order valence-corrected chi connectivity index (χ3v) is 4.59. The minimum atomic E-state index is -0.413. The molecular weight excluding hydrogens is 355 g/mol. The molecule has 5 nitrogen and oxygen atoms in total. The number of ketones is 1. The summed E-state index contributed by atoms with van der Waals surface area (Å²) in [5.41, 5.74) is 2.64. The Bertz CT molecular complexity index is 1170. The number of para-hydroxylation sites is 2. The first-order valence-electron chi connectivity index (χ1n) is 9.13. The van der Waals surface area contributed by atoms with Crippen LogP contribution in [0.1, 0.15) is 41.6 Å².